The molecule has 18 nitrogen and oxygen atoms in total. The molecule has 11 N–H and O–H groups in total. The monoisotopic (exact) mass is 599 g/mol. The summed E-state index contributed by atoms with van der Waals surface area (Å²) < 4.78 is 28.5. The van der Waals surface area contributed by atoms with Crippen molar-refractivity contribution in [2.45, 2.75) is 68.2 Å². The first kappa shape index (κ1) is 35.7. The van der Waals surface area contributed by atoms with Gasteiger partial charge in [-0.25, -0.2) is 4.68 Å². The number of nitrogens with one attached hydrogen (secondary N) is 1. The molecular weight excluding hydrogens is 554 g/mol. The molecule has 0 unspecified atom stereocenters. The normalized spacial score (nSPS) is 26.1. The molecule has 0 amide bonds. The van der Waals surface area contributed by atoms with Gasteiger partial charge in [0.25, 0.3) is 0 Å². The van der Waals surface area contributed by atoms with Gasteiger partial charge in [0.05, 0.1) is 71.2 Å². The number of nitrogens with zero attached hydrogens (tertiary/aromatic N) is 3. The van der Waals surface area contributed by atoms with Crippen LogP contribution in [0.5, 0.6) is 0 Å². The van der Waals surface area contributed by atoms with Gasteiger partial charge in [-0.05, 0) is 0 Å². The Morgan fingerprint density at radius 2 is 1.59 bits per heavy atom. The van der Waals surface area contributed by atoms with Crippen LogP contribution in [0.15, 0.2) is 6.20 Å². The molecule has 18 heteroatoms. The highest BCUT2D eigenvalue weighted by Gasteiger charge is 2.46. The van der Waals surface area contributed by atoms with E-state index < -0.39 is 68.3 Å². The highest BCUT2D eigenvalue weighted by molar-refractivity contribution is 4.92. The number of nitrogens with two attached hydrogens (primary N) is 1. The van der Waals surface area contributed by atoms with Crippen molar-refractivity contribution in [2.75, 3.05) is 65.9 Å². The SMILES string of the molecule is NCc1cn(CCOCCOCCOCCNC[C@H](O)[C@@H](O)[C@H](O[C@H]2O[C@H](CO)[C@@H](O)[C@H](O)[C@H]2O)[C@H](O)CO)nn1. The highest BCUT2D eigenvalue weighted by Crippen LogP contribution is 2.25. The maximum atomic E-state index is 10.5. The van der Waals surface area contributed by atoms with Crippen molar-refractivity contribution in [3.8, 4) is 0 Å². The molecule has 0 bridgehead atoms. The van der Waals surface area contributed by atoms with Crippen LogP contribution in [0.4, 0.5) is 0 Å². The van der Waals surface area contributed by atoms with E-state index in [9.17, 15) is 40.9 Å². The Morgan fingerprint density at radius 3 is 2.20 bits per heavy atom. The fourth-order valence-electron chi connectivity index (χ4n) is 3.81. The lowest BCUT2D eigenvalue weighted by molar-refractivity contribution is -0.327. The lowest BCUT2D eigenvalue weighted by Crippen LogP contribution is -2.61. The molecule has 0 radical (unpaired) electrons. The predicted molar refractivity (Wildman–Crippen MR) is 137 cm³/mol. The molecule has 1 saturated heterocycles. The lowest BCUT2D eigenvalue weighted by atomic mass is 9.98. The molecule has 1 aliphatic rings. The van der Waals surface area contributed by atoms with Gasteiger partial charge in [-0.2, -0.15) is 0 Å². The van der Waals surface area contributed by atoms with Crippen molar-refractivity contribution in [1.82, 2.24) is 20.3 Å². The van der Waals surface area contributed by atoms with Gasteiger partial charge in [0, 0.05) is 25.8 Å². The van der Waals surface area contributed by atoms with E-state index in [0.717, 1.165) is 0 Å². The minimum absolute atomic E-state index is 0.146. The standard InChI is InChI=1S/C23H45N5O13/c24-9-14-11-28(27-26-14)2-4-38-6-8-39-7-5-37-3-1-25-10-15(31)18(33)22(16(32)12-29)41-23-21(36)20(35)19(34)17(13-30)40-23/h11,15-23,25,29-36H,1-10,12-13,24H2/t15-,16+,17+,18+,19+,20-,21+,22+,23+/m0/s1. The van der Waals surface area contributed by atoms with E-state index in [1.165, 1.54) is 0 Å². The third kappa shape index (κ3) is 12.0. The lowest BCUT2D eigenvalue weighted by Gasteiger charge is -2.42. The molecule has 1 aliphatic heterocycles. The Morgan fingerprint density at radius 1 is 0.927 bits per heavy atom. The second-order valence-electron chi connectivity index (χ2n) is 9.32. The quantitative estimate of drug-likeness (QED) is 0.0555. The first-order valence-corrected chi connectivity index (χ1v) is 13.4. The number of hydrogen-bond acceptors (Lipinski definition) is 17. The van der Waals surface area contributed by atoms with E-state index in [2.05, 4.69) is 15.6 Å². The van der Waals surface area contributed by atoms with Gasteiger partial charge in [-0.3, -0.25) is 0 Å². The number of aliphatic hydroxyl groups excluding tert-OH is 8. The summed E-state index contributed by atoms with van der Waals surface area (Å²) in [5.41, 5.74) is 6.19. The van der Waals surface area contributed by atoms with Gasteiger partial charge in [-0.15, -0.1) is 5.10 Å². The smallest absolute Gasteiger partial charge is 0.187 e. The average molecular weight is 600 g/mol. The molecule has 2 rings (SSSR count). The summed E-state index contributed by atoms with van der Waals surface area (Å²) in [7, 11) is 0. The molecule has 41 heavy (non-hydrogen) atoms. The van der Waals surface area contributed by atoms with Crippen LogP contribution in [0.25, 0.3) is 0 Å². The van der Waals surface area contributed by atoms with E-state index in [-0.39, 0.29) is 13.2 Å². The Kier molecular flexibility index (Phi) is 17.1. The van der Waals surface area contributed by atoms with Crippen LogP contribution < -0.4 is 11.1 Å². The van der Waals surface area contributed by atoms with Crippen molar-refractivity contribution >= 4 is 0 Å². The van der Waals surface area contributed by atoms with Crippen LogP contribution in [0.1, 0.15) is 5.69 Å². The van der Waals surface area contributed by atoms with E-state index in [1.54, 1.807) is 10.9 Å². The van der Waals surface area contributed by atoms with Gasteiger partial charge in [0.15, 0.2) is 6.29 Å². The van der Waals surface area contributed by atoms with Crippen molar-refractivity contribution in [1.29, 1.82) is 0 Å². The van der Waals surface area contributed by atoms with Crippen molar-refractivity contribution < 1.29 is 64.5 Å². The zero-order chi connectivity index (χ0) is 30.2. The summed E-state index contributed by atoms with van der Waals surface area (Å²) in [6.45, 7) is 1.69. The molecule has 240 valence electrons. The van der Waals surface area contributed by atoms with Crippen LogP contribution in [0, 0.1) is 0 Å². The molecule has 0 saturated carbocycles. The largest absolute Gasteiger partial charge is 0.394 e. The number of aromatic nitrogens is 3. The number of aliphatic hydroxyl groups is 8. The highest BCUT2D eigenvalue weighted by atomic mass is 16.7. The minimum Gasteiger partial charge on any atom is -0.394 e. The van der Waals surface area contributed by atoms with Gasteiger partial charge < -0.3 is 75.6 Å². The molecule has 1 fully saturated rings. The summed E-state index contributed by atoms with van der Waals surface area (Å²) in [5.74, 6) is 0. The van der Waals surface area contributed by atoms with Crippen molar-refractivity contribution in [2.24, 2.45) is 5.73 Å². The summed E-state index contributed by atoms with van der Waals surface area (Å²) >= 11 is 0. The Balaban J connectivity index is 1.56. The average Bonchev–Trinajstić information content (AvgIpc) is 3.45. The van der Waals surface area contributed by atoms with Gasteiger partial charge in [0.1, 0.15) is 42.7 Å². The summed E-state index contributed by atoms with van der Waals surface area (Å²) in [6.07, 6.45) is -13.0. The fraction of sp³-hybridized carbons (Fsp3) is 0.913. The molecule has 0 spiro atoms. The Labute approximate surface area is 237 Å². The Bertz CT molecular complexity index is 810. The summed E-state index contributed by atoms with van der Waals surface area (Å²) in [6, 6.07) is 0. The maximum Gasteiger partial charge on any atom is 0.187 e. The van der Waals surface area contributed by atoms with E-state index in [4.69, 9.17) is 29.4 Å². The predicted octanol–water partition coefficient (Wildman–Crippen LogP) is -6.36. The number of rotatable bonds is 22. The maximum absolute atomic E-state index is 10.5. The van der Waals surface area contributed by atoms with E-state index in [1.807, 2.05) is 0 Å². The summed E-state index contributed by atoms with van der Waals surface area (Å²) in [4.78, 5) is 0. The third-order valence-electron chi connectivity index (χ3n) is 6.22. The fourth-order valence-corrected chi connectivity index (χ4v) is 3.81. The number of ether oxygens (including phenoxy) is 5. The molecule has 1 aromatic heterocycles. The second kappa shape index (κ2) is 19.7. The third-order valence-corrected chi connectivity index (χ3v) is 6.22. The van der Waals surface area contributed by atoms with Crippen LogP contribution in [0.3, 0.4) is 0 Å². The molecule has 9 atom stereocenters. The first-order chi connectivity index (χ1) is 19.7. The van der Waals surface area contributed by atoms with Crippen LogP contribution >= 0.6 is 0 Å². The summed E-state index contributed by atoms with van der Waals surface area (Å²) in [5, 5.41) is 90.2. The minimum atomic E-state index is -1.80. The van der Waals surface area contributed by atoms with Gasteiger partial charge >= 0.3 is 0 Å². The molecule has 0 aromatic carbocycles. The van der Waals surface area contributed by atoms with Crippen molar-refractivity contribution in [3.05, 3.63) is 11.9 Å². The zero-order valence-electron chi connectivity index (χ0n) is 22.8. The van der Waals surface area contributed by atoms with Gasteiger partial charge in [-0.1, -0.05) is 5.21 Å². The van der Waals surface area contributed by atoms with Gasteiger partial charge in [0.2, 0.25) is 0 Å². The second-order valence-corrected chi connectivity index (χ2v) is 9.32. The van der Waals surface area contributed by atoms with Crippen molar-refractivity contribution in [3.63, 3.8) is 0 Å². The molecule has 0 aliphatic carbocycles. The van der Waals surface area contributed by atoms with Crippen LogP contribution in [-0.2, 0) is 36.8 Å². The van der Waals surface area contributed by atoms with Crippen LogP contribution in [0.2, 0.25) is 0 Å². The molecule has 2 heterocycles. The Hall–Kier alpha value is -1.46. The molecular formula is C23H45N5O13. The zero-order valence-corrected chi connectivity index (χ0v) is 22.8. The van der Waals surface area contributed by atoms with E-state index >= 15 is 0 Å². The van der Waals surface area contributed by atoms with Crippen LogP contribution in [-0.4, -0.2) is 177 Å². The topological polar surface area (TPSA) is 277 Å². The number of hydrogen-bond donors (Lipinski definition) is 10. The van der Waals surface area contributed by atoms with E-state index in [0.29, 0.717) is 58.4 Å². The first-order valence-electron chi connectivity index (χ1n) is 13.4. The molecule has 1 aromatic rings.